The van der Waals surface area contributed by atoms with Gasteiger partial charge in [-0.15, -0.1) is 0 Å². The Kier molecular flexibility index (Phi) is 2.52. The minimum Gasteiger partial charge on any atom is -0.388 e. The monoisotopic (exact) mass is 160 g/mol. The second kappa shape index (κ2) is 3.09. The van der Waals surface area contributed by atoms with Crippen molar-refractivity contribution in [2.45, 2.75) is 45.2 Å². The first-order chi connectivity index (χ1) is 5.04. The van der Waals surface area contributed by atoms with Gasteiger partial charge in [-0.3, -0.25) is 0 Å². The van der Waals surface area contributed by atoms with Crippen LogP contribution in [0.3, 0.4) is 0 Å². The maximum atomic E-state index is 9.42. The summed E-state index contributed by atoms with van der Waals surface area (Å²) in [5.74, 6) is 0.254. The predicted octanol–water partition coefficient (Wildman–Crippen LogP) is 0.152. The van der Waals surface area contributed by atoms with E-state index in [1.165, 1.54) is 0 Å². The summed E-state index contributed by atoms with van der Waals surface area (Å²) in [7, 11) is 0. The molecule has 0 radical (unpaired) electrons. The highest BCUT2D eigenvalue weighted by atomic mass is 16.5. The number of ether oxygens (including phenoxy) is 1. The molecule has 4 atom stereocenters. The zero-order chi connectivity index (χ0) is 8.59. The fourth-order valence-corrected chi connectivity index (χ4v) is 1.43. The van der Waals surface area contributed by atoms with Crippen molar-refractivity contribution in [3.8, 4) is 0 Å². The smallest absolute Gasteiger partial charge is 0.109 e. The molecule has 0 saturated carbocycles. The van der Waals surface area contributed by atoms with Crippen molar-refractivity contribution in [1.82, 2.24) is 0 Å². The topological polar surface area (TPSA) is 49.7 Å². The van der Waals surface area contributed by atoms with Crippen molar-refractivity contribution in [2.24, 2.45) is 5.92 Å². The lowest BCUT2D eigenvalue weighted by Gasteiger charge is -2.17. The average Bonchev–Trinajstić information content (AvgIpc) is 2.17. The summed E-state index contributed by atoms with van der Waals surface area (Å²) in [4.78, 5) is 0. The molecule has 0 amide bonds. The number of hydrogen-bond acceptors (Lipinski definition) is 3. The molecule has 1 rings (SSSR count). The summed E-state index contributed by atoms with van der Waals surface area (Å²) >= 11 is 0. The van der Waals surface area contributed by atoms with Crippen LogP contribution in [0.2, 0.25) is 0 Å². The summed E-state index contributed by atoms with van der Waals surface area (Å²) in [6.07, 6.45) is -1.88. The molecule has 1 saturated heterocycles. The van der Waals surface area contributed by atoms with Crippen LogP contribution >= 0.6 is 0 Å². The fourth-order valence-electron chi connectivity index (χ4n) is 1.43. The molecule has 2 N–H and O–H groups in total. The highest BCUT2D eigenvalue weighted by Gasteiger charge is 2.41. The molecule has 0 aromatic rings. The van der Waals surface area contributed by atoms with Gasteiger partial charge in [0, 0.05) is 0 Å². The van der Waals surface area contributed by atoms with E-state index in [4.69, 9.17) is 4.74 Å². The third-order valence-electron chi connectivity index (χ3n) is 2.20. The molecule has 0 aromatic carbocycles. The standard InChI is InChI=1S/C8H16O3/c1-4(2)8-7(10)6(9)5(3)11-8/h4-10H,1-3H3/t5-,6?,7+,8+/m1/s1. The largest absolute Gasteiger partial charge is 0.388 e. The molecule has 3 nitrogen and oxygen atoms in total. The zero-order valence-corrected chi connectivity index (χ0v) is 7.19. The van der Waals surface area contributed by atoms with Crippen LogP contribution < -0.4 is 0 Å². The Morgan fingerprint density at radius 1 is 1.18 bits per heavy atom. The minimum atomic E-state index is -0.720. The SMILES string of the molecule is CC(C)[C@@H]1O[C@H](C)C(O)[C@@H]1O. The Morgan fingerprint density at radius 3 is 1.91 bits per heavy atom. The second-order valence-electron chi connectivity index (χ2n) is 3.53. The highest BCUT2D eigenvalue weighted by molar-refractivity contribution is 4.89. The molecule has 66 valence electrons. The highest BCUT2D eigenvalue weighted by Crippen LogP contribution is 2.25. The van der Waals surface area contributed by atoms with Crippen molar-refractivity contribution in [3.05, 3.63) is 0 Å². The number of rotatable bonds is 1. The average molecular weight is 160 g/mol. The van der Waals surface area contributed by atoms with Crippen LogP contribution in [0.1, 0.15) is 20.8 Å². The van der Waals surface area contributed by atoms with Crippen LogP contribution in [0.15, 0.2) is 0 Å². The van der Waals surface area contributed by atoms with E-state index in [1.807, 2.05) is 13.8 Å². The predicted molar refractivity (Wildman–Crippen MR) is 41.2 cm³/mol. The number of hydrogen-bond donors (Lipinski definition) is 2. The van der Waals surface area contributed by atoms with E-state index >= 15 is 0 Å². The van der Waals surface area contributed by atoms with Gasteiger partial charge in [0.15, 0.2) is 0 Å². The first-order valence-electron chi connectivity index (χ1n) is 4.05. The number of aliphatic hydroxyl groups is 2. The molecule has 1 heterocycles. The molecule has 1 aliphatic rings. The van der Waals surface area contributed by atoms with Gasteiger partial charge < -0.3 is 14.9 Å². The molecule has 1 aliphatic heterocycles. The van der Waals surface area contributed by atoms with Gasteiger partial charge in [-0.2, -0.15) is 0 Å². The maximum absolute atomic E-state index is 9.42. The first kappa shape index (κ1) is 8.97. The van der Waals surface area contributed by atoms with Crippen molar-refractivity contribution in [2.75, 3.05) is 0 Å². The Labute approximate surface area is 67.0 Å². The lowest BCUT2D eigenvalue weighted by Crippen LogP contribution is -2.33. The molecule has 1 unspecified atom stereocenters. The van der Waals surface area contributed by atoms with Crippen molar-refractivity contribution in [1.29, 1.82) is 0 Å². The summed E-state index contributed by atoms with van der Waals surface area (Å²) in [6, 6.07) is 0. The van der Waals surface area contributed by atoms with Crippen LogP contribution in [-0.2, 0) is 4.74 Å². The van der Waals surface area contributed by atoms with E-state index in [0.717, 1.165) is 0 Å². The Bertz CT molecular complexity index is 135. The van der Waals surface area contributed by atoms with E-state index in [-0.39, 0.29) is 18.1 Å². The molecule has 0 spiro atoms. The molecule has 1 fully saturated rings. The van der Waals surface area contributed by atoms with E-state index in [1.54, 1.807) is 6.92 Å². The van der Waals surface area contributed by atoms with E-state index < -0.39 is 12.2 Å². The maximum Gasteiger partial charge on any atom is 0.109 e. The third-order valence-corrected chi connectivity index (χ3v) is 2.20. The summed E-state index contributed by atoms with van der Waals surface area (Å²) in [5.41, 5.74) is 0. The molecular weight excluding hydrogens is 144 g/mol. The molecule has 11 heavy (non-hydrogen) atoms. The Balaban J connectivity index is 2.59. The molecule has 0 aliphatic carbocycles. The van der Waals surface area contributed by atoms with Crippen LogP contribution in [0.4, 0.5) is 0 Å². The van der Waals surface area contributed by atoms with Gasteiger partial charge in [0.1, 0.15) is 12.2 Å². The van der Waals surface area contributed by atoms with Crippen LogP contribution in [0.5, 0.6) is 0 Å². The van der Waals surface area contributed by atoms with Crippen LogP contribution in [0.25, 0.3) is 0 Å². The van der Waals surface area contributed by atoms with Crippen molar-refractivity contribution < 1.29 is 14.9 Å². The number of aliphatic hydroxyl groups excluding tert-OH is 2. The van der Waals surface area contributed by atoms with Gasteiger partial charge in [0.2, 0.25) is 0 Å². The first-order valence-corrected chi connectivity index (χ1v) is 4.05. The molecule has 0 aromatic heterocycles. The lowest BCUT2D eigenvalue weighted by molar-refractivity contribution is -0.0115. The third kappa shape index (κ3) is 1.55. The van der Waals surface area contributed by atoms with E-state index in [9.17, 15) is 10.2 Å². The van der Waals surface area contributed by atoms with Gasteiger partial charge in [-0.05, 0) is 12.8 Å². The Hall–Kier alpha value is -0.120. The summed E-state index contributed by atoms with van der Waals surface area (Å²) < 4.78 is 5.35. The van der Waals surface area contributed by atoms with Gasteiger partial charge in [0.25, 0.3) is 0 Å². The second-order valence-corrected chi connectivity index (χ2v) is 3.53. The van der Waals surface area contributed by atoms with E-state index in [0.29, 0.717) is 0 Å². The van der Waals surface area contributed by atoms with Crippen LogP contribution in [-0.4, -0.2) is 34.6 Å². The lowest BCUT2D eigenvalue weighted by atomic mass is 10.00. The summed E-state index contributed by atoms with van der Waals surface area (Å²) in [5, 5.41) is 18.7. The molecule has 0 bridgehead atoms. The van der Waals surface area contributed by atoms with E-state index in [2.05, 4.69) is 0 Å². The van der Waals surface area contributed by atoms with Gasteiger partial charge in [-0.1, -0.05) is 13.8 Å². The Morgan fingerprint density at radius 2 is 1.73 bits per heavy atom. The van der Waals surface area contributed by atoms with Crippen LogP contribution in [0, 0.1) is 5.92 Å². The van der Waals surface area contributed by atoms with Gasteiger partial charge >= 0.3 is 0 Å². The molecule has 3 heteroatoms. The van der Waals surface area contributed by atoms with Crippen molar-refractivity contribution in [3.63, 3.8) is 0 Å². The summed E-state index contributed by atoms with van der Waals surface area (Å²) in [6.45, 7) is 5.72. The quantitative estimate of drug-likeness (QED) is 0.574. The van der Waals surface area contributed by atoms with Gasteiger partial charge in [-0.25, -0.2) is 0 Å². The minimum absolute atomic E-state index is 0.208. The zero-order valence-electron chi connectivity index (χ0n) is 7.19. The van der Waals surface area contributed by atoms with Gasteiger partial charge in [0.05, 0.1) is 12.2 Å². The van der Waals surface area contributed by atoms with Crippen molar-refractivity contribution >= 4 is 0 Å². The fraction of sp³-hybridized carbons (Fsp3) is 1.00. The normalized spacial score (nSPS) is 45.3. The molecular formula is C8H16O3.